The Balaban J connectivity index is 2.22. The highest BCUT2D eigenvalue weighted by Crippen LogP contribution is 2.22. The number of thioether (sulfide) groups is 1. The largest absolute Gasteiger partial charge is 0.463 e. The molecular formula is C12H18N6O3S. The van der Waals surface area contributed by atoms with Crippen molar-refractivity contribution in [2.24, 2.45) is 0 Å². The van der Waals surface area contributed by atoms with E-state index in [4.69, 9.17) is 10.5 Å². The molecule has 10 heteroatoms. The molecule has 1 aliphatic rings. The van der Waals surface area contributed by atoms with Gasteiger partial charge in [-0.25, -0.2) is 14.7 Å². The lowest BCUT2D eigenvalue weighted by molar-refractivity contribution is -0.139. The van der Waals surface area contributed by atoms with Gasteiger partial charge in [-0.05, 0) is 13.3 Å². The smallest absolute Gasteiger partial charge is 0.337 e. The van der Waals surface area contributed by atoms with Crippen LogP contribution in [0.1, 0.15) is 20.3 Å². The Morgan fingerprint density at radius 3 is 2.82 bits per heavy atom. The van der Waals surface area contributed by atoms with Crippen molar-refractivity contribution < 1.29 is 14.3 Å². The SMILES string of the molecule is CCOC(=O)C1=C(CSc2n[nH]c(N)n2)NC(=O)N[C@@H]1CC. The third-order valence-corrected chi connectivity index (χ3v) is 3.85. The molecule has 2 rings (SSSR count). The normalized spacial score (nSPS) is 17.9. The first-order valence-electron chi connectivity index (χ1n) is 6.83. The van der Waals surface area contributed by atoms with Gasteiger partial charge in [0.05, 0.1) is 18.2 Å². The molecule has 1 aromatic heterocycles. The monoisotopic (exact) mass is 326 g/mol. The molecule has 0 aromatic carbocycles. The van der Waals surface area contributed by atoms with Gasteiger partial charge in [0.2, 0.25) is 11.1 Å². The Morgan fingerprint density at radius 1 is 1.45 bits per heavy atom. The maximum Gasteiger partial charge on any atom is 0.337 e. The summed E-state index contributed by atoms with van der Waals surface area (Å²) in [6.07, 6.45) is 0.587. The highest BCUT2D eigenvalue weighted by atomic mass is 32.2. The van der Waals surface area contributed by atoms with Crippen LogP contribution < -0.4 is 16.4 Å². The molecule has 1 aliphatic heterocycles. The molecule has 22 heavy (non-hydrogen) atoms. The van der Waals surface area contributed by atoms with Crippen LogP contribution in [0.15, 0.2) is 16.4 Å². The van der Waals surface area contributed by atoms with Crippen molar-refractivity contribution in [2.75, 3.05) is 18.1 Å². The number of ether oxygens (including phenoxy) is 1. The van der Waals surface area contributed by atoms with Gasteiger partial charge in [0.1, 0.15) is 0 Å². The summed E-state index contributed by atoms with van der Waals surface area (Å²) in [4.78, 5) is 27.8. The zero-order valence-corrected chi connectivity index (χ0v) is 13.1. The second-order valence-electron chi connectivity index (χ2n) is 4.46. The summed E-state index contributed by atoms with van der Waals surface area (Å²) in [5.74, 6) is 0.102. The van der Waals surface area contributed by atoms with E-state index in [1.165, 1.54) is 11.8 Å². The minimum atomic E-state index is -0.438. The maximum atomic E-state index is 12.2. The fourth-order valence-electron chi connectivity index (χ4n) is 2.03. The van der Waals surface area contributed by atoms with Gasteiger partial charge in [-0.1, -0.05) is 18.7 Å². The summed E-state index contributed by atoms with van der Waals surface area (Å²) >= 11 is 1.26. The Hall–Kier alpha value is -2.23. The molecule has 9 nitrogen and oxygen atoms in total. The number of nitrogens with one attached hydrogen (secondary N) is 3. The van der Waals surface area contributed by atoms with Gasteiger partial charge in [0.25, 0.3) is 0 Å². The predicted octanol–water partition coefficient (Wildman–Crippen LogP) is 0.388. The van der Waals surface area contributed by atoms with Crippen LogP contribution in [0.5, 0.6) is 0 Å². The lowest BCUT2D eigenvalue weighted by atomic mass is 10.0. The van der Waals surface area contributed by atoms with Crippen LogP contribution in [0.25, 0.3) is 0 Å². The van der Waals surface area contributed by atoms with Crippen LogP contribution in [-0.4, -0.2) is 45.6 Å². The molecule has 2 amide bonds. The number of nitrogens with zero attached hydrogens (tertiary/aromatic N) is 2. The molecule has 1 atom stereocenters. The maximum absolute atomic E-state index is 12.2. The summed E-state index contributed by atoms with van der Waals surface area (Å²) in [5.41, 5.74) is 6.39. The molecule has 2 heterocycles. The van der Waals surface area contributed by atoms with E-state index in [-0.39, 0.29) is 24.6 Å². The molecule has 0 radical (unpaired) electrons. The zero-order chi connectivity index (χ0) is 16.1. The Kier molecular flexibility index (Phi) is 5.26. The summed E-state index contributed by atoms with van der Waals surface area (Å²) in [6, 6.07) is -0.717. The van der Waals surface area contributed by atoms with E-state index in [0.29, 0.717) is 28.6 Å². The number of anilines is 1. The van der Waals surface area contributed by atoms with Crippen molar-refractivity contribution in [1.82, 2.24) is 25.8 Å². The van der Waals surface area contributed by atoms with Crippen molar-refractivity contribution in [3.05, 3.63) is 11.3 Å². The third kappa shape index (κ3) is 3.70. The molecule has 0 aliphatic carbocycles. The number of aromatic nitrogens is 3. The number of hydrogen-bond donors (Lipinski definition) is 4. The van der Waals surface area contributed by atoms with Gasteiger partial charge in [-0.2, -0.15) is 4.98 Å². The van der Waals surface area contributed by atoms with E-state index in [1.54, 1.807) is 6.92 Å². The van der Waals surface area contributed by atoms with Crippen LogP contribution >= 0.6 is 11.8 Å². The van der Waals surface area contributed by atoms with Crippen molar-refractivity contribution in [1.29, 1.82) is 0 Å². The molecule has 1 aromatic rings. The number of urea groups is 1. The van der Waals surface area contributed by atoms with E-state index < -0.39 is 5.97 Å². The topological polar surface area (TPSA) is 135 Å². The number of nitrogens with two attached hydrogens (primary N) is 1. The van der Waals surface area contributed by atoms with Gasteiger partial charge in [-0.3, -0.25) is 0 Å². The van der Waals surface area contributed by atoms with E-state index in [1.807, 2.05) is 6.92 Å². The number of amides is 2. The molecule has 0 unspecified atom stereocenters. The minimum absolute atomic E-state index is 0.211. The highest BCUT2D eigenvalue weighted by Gasteiger charge is 2.31. The second kappa shape index (κ2) is 7.16. The summed E-state index contributed by atoms with van der Waals surface area (Å²) in [6.45, 7) is 3.89. The van der Waals surface area contributed by atoms with Crippen LogP contribution in [0.2, 0.25) is 0 Å². The molecule has 120 valence electrons. The van der Waals surface area contributed by atoms with Gasteiger partial charge < -0.3 is 21.1 Å². The first kappa shape index (κ1) is 16.1. The molecular weight excluding hydrogens is 308 g/mol. The predicted molar refractivity (Wildman–Crippen MR) is 80.9 cm³/mol. The van der Waals surface area contributed by atoms with Crippen molar-refractivity contribution >= 4 is 29.7 Å². The van der Waals surface area contributed by atoms with Crippen molar-refractivity contribution in [2.45, 2.75) is 31.5 Å². The number of hydrogen-bond acceptors (Lipinski definition) is 7. The fourth-order valence-corrected chi connectivity index (χ4v) is 2.81. The van der Waals surface area contributed by atoms with Gasteiger partial charge in [0.15, 0.2) is 0 Å². The highest BCUT2D eigenvalue weighted by molar-refractivity contribution is 7.99. The van der Waals surface area contributed by atoms with Gasteiger partial charge >= 0.3 is 12.0 Å². The first-order chi connectivity index (χ1) is 10.5. The Bertz CT molecular complexity index is 599. The molecule has 0 saturated heterocycles. The van der Waals surface area contributed by atoms with E-state index in [9.17, 15) is 9.59 Å². The number of aromatic amines is 1. The molecule has 5 N–H and O–H groups in total. The van der Waals surface area contributed by atoms with E-state index in [2.05, 4.69) is 25.8 Å². The van der Waals surface area contributed by atoms with Crippen molar-refractivity contribution in [3.8, 4) is 0 Å². The Labute approximate surface area is 131 Å². The second-order valence-corrected chi connectivity index (χ2v) is 5.41. The van der Waals surface area contributed by atoms with Gasteiger partial charge in [-0.15, -0.1) is 5.10 Å². The number of nitrogen functional groups attached to an aromatic ring is 1. The quantitative estimate of drug-likeness (QED) is 0.438. The number of carbonyl (C=O) groups is 2. The average molecular weight is 326 g/mol. The summed E-state index contributed by atoms with van der Waals surface area (Å²) < 4.78 is 5.08. The lowest BCUT2D eigenvalue weighted by Crippen LogP contribution is -2.50. The molecule has 0 bridgehead atoms. The summed E-state index contributed by atoms with van der Waals surface area (Å²) in [5, 5.41) is 12.2. The standard InChI is InChI=1S/C12H18N6O3S/c1-3-6-8(9(19)21-4-2)7(15-11(20)14-6)5-22-12-16-10(13)17-18-12/h6H,3-5H2,1-2H3,(H2,14,15,20)(H3,13,16,17,18)/t6-/m1/s1. The molecule has 0 fully saturated rings. The minimum Gasteiger partial charge on any atom is -0.463 e. The van der Waals surface area contributed by atoms with Gasteiger partial charge in [0, 0.05) is 11.4 Å². The summed E-state index contributed by atoms with van der Waals surface area (Å²) in [7, 11) is 0. The van der Waals surface area contributed by atoms with Crippen LogP contribution in [0.4, 0.5) is 10.7 Å². The molecule has 0 saturated carbocycles. The van der Waals surface area contributed by atoms with Crippen molar-refractivity contribution in [3.63, 3.8) is 0 Å². The third-order valence-electron chi connectivity index (χ3n) is 2.97. The fraction of sp³-hybridized carbons (Fsp3) is 0.500. The number of H-pyrrole nitrogens is 1. The molecule has 0 spiro atoms. The van der Waals surface area contributed by atoms with E-state index in [0.717, 1.165) is 0 Å². The zero-order valence-electron chi connectivity index (χ0n) is 12.3. The average Bonchev–Trinajstić information content (AvgIpc) is 2.90. The van der Waals surface area contributed by atoms with E-state index >= 15 is 0 Å². The Morgan fingerprint density at radius 2 is 2.23 bits per heavy atom. The number of rotatable bonds is 6. The van der Waals surface area contributed by atoms with Crippen LogP contribution in [0.3, 0.4) is 0 Å². The van der Waals surface area contributed by atoms with Crippen LogP contribution in [-0.2, 0) is 9.53 Å². The number of carbonyl (C=O) groups excluding carboxylic acids is 2. The lowest BCUT2D eigenvalue weighted by Gasteiger charge is -2.28. The van der Waals surface area contributed by atoms with Crippen LogP contribution in [0, 0.1) is 0 Å². The number of esters is 1. The first-order valence-corrected chi connectivity index (χ1v) is 7.82.